The molecule has 0 radical (unpaired) electrons. The normalized spacial score (nSPS) is 17.5. The molecular formula is C16H24BrNO2. The van der Waals surface area contributed by atoms with E-state index in [4.69, 9.17) is 4.74 Å². The van der Waals surface area contributed by atoms with E-state index >= 15 is 0 Å². The average molecular weight is 342 g/mol. The van der Waals surface area contributed by atoms with Gasteiger partial charge in [-0.05, 0) is 66.5 Å². The lowest BCUT2D eigenvalue weighted by atomic mass is 10.1. The van der Waals surface area contributed by atoms with Crippen molar-refractivity contribution >= 4 is 15.9 Å². The van der Waals surface area contributed by atoms with E-state index in [0.717, 1.165) is 6.54 Å². The number of nitrogens with zero attached hydrogens (tertiary/aromatic N) is 1. The van der Waals surface area contributed by atoms with Crippen molar-refractivity contribution in [2.75, 3.05) is 19.7 Å². The standard InChI is InChI=1S/C16H24BrNO2/c1-2-20-15-11-13(10-14(17)16(15)19)12-18-8-6-4-3-5-7-9-18/h10-11,19H,2-9,12H2,1H3. The van der Waals surface area contributed by atoms with Gasteiger partial charge in [-0.25, -0.2) is 0 Å². The van der Waals surface area contributed by atoms with Crippen molar-refractivity contribution in [3.8, 4) is 11.5 Å². The van der Waals surface area contributed by atoms with Crippen LogP contribution in [0.2, 0.25) is 0 Å². The minimum Gasteiger partial charge on any atom is -0.503 e. The van der Waals surface area contributed by atoms with Crippen LogP contribution in [0.4, 0.5) is 0 Å². The lowest BCUT2D eigenvalue weighted by molar-refractivity contribution is 0.239. The zero-order valence-corrected chi connectivity index (χ0v) is 13.8. The molecule has 0 spiro atoms. The van der Waals surface area contributed by atoms with Gasteiger partial charge in [0.1, 0.15) is 0 Å². The van der Waals surface area contributed by atoms with Gasteiger partial charge in [-0.15, -0.1) is 0 Å². The van der Waals surface area contributed by atoms with Gasteiger partial charge in [0.2, 0.25) is 0 Å². The fourth-order valence-corrected chi connectivity index (χ4v) is 3.20. The van der Waals surface area contributed by atoms with Crippen LogP contribution in [0, 0.1) is 0 Å². The lowest BCUT2D eigenvalue weighted by Crippen LogP contribution is -2.26. The van der Waals surface area contributed by atoms with Gasteiger partial charge in [-0.3, -0.25) is 4.90 Å². The smallest absolute Gasteiger partial charge is 0.172 e. The predicted octanol–water partition coefficient (Wildman–Crippen LogP) is 4.32. The Morgan fingerprint density at radius 3 is 2.45 bits per heavy atom. The largest absolute Gasteiger partial charge is 0.503 e. The van der Waals surface area contributed by atoms with Gasteiger partial charge >= 0.3 is 0 Å². The number of halogens is 1. The molecule has 4 heteroatoms. The summed E-state index contributed by atoms with van der Waals surface area (Å²) in [6.07, 6.45) is 6.65. The third-order valence-electron chi connectivity index (χ3n) is 3.74. The zero-order valence-electron chi connectivity index (χ0n) is 12.2. The van der Waals surface area contributed by atoms with Gasteiger partial charge in [-0.1, -0.05) is 19.3 Å². The van der Waals surface area contributed by atoms with Gasteiger partial charge in [-0.2, -0.15) is 0 Å². The van der Waals surface area contributed by atoms with Crippen LogP contribution >= 0.6 is 15.9 Å². The molecule has 1 aliphatic rings. The highest BCUT2D eigenvalue weighted by molar-refractivity contribution is 9.10. The quantitative estimate of drug-likeness (QED) is 0.885. The van der Waals surface area contributed by atoms with E-state index in [9.17, 15) is 5.11 Å². The van der Waals surface area contributed by atoms with Crippen LogP contribution in [0.1, 0.15) is 44.6 Å². The van der Waals surface area contributed by atoms with Gasteiger partial charge in [0.15, 0.2) is 11.5 Å². The second kappa shape index (κ2) is 7.89. The van der Waals surface area contributed by atoms with E-state index in [1.54, 1.807) is 0 Å². The molecule has 112 valence electrons. The number of hydrogen-bond donors (Lipinski definition) is 1. The van der Waals surface area contributed by atoms with Crippen molar-refractivity contribution in [1.29, 1.82) is 0 Å². The number of phenols is 1. The van der Waals surface area contributed by atoms with Crippen molar-refractivity contribution in [3.05, 3.63) is 22.2 Å². The van der Waals surface area contributed by atoms with Crippen molar-refractivity contribution in [2.24, 2.45) is 0 Å². The molecule has 0 aromatic heterocycles. The number of rotatable bonds is 4. The first-order valence-corrected chi connectivity index (χ1v) is 8.36. The molecule has 20 heavy (non-hydrogen) atoms. The summed E-state index contributed by atoms with van der Waals surface area (Å²) in [4.78, 5) is 2.51. The SMILES string of the molecule is CCOc1cc(CN2CCCCCCC2)cc(Br)c1O. The van der Waals surface area contributed by atoms with Crippen LogP contribution in [-0.2, 0) is 6.54 Å². The Kier molecular flexibility index (Phi) is 6.17. The number of phenolic OH excluding ortho intramolecular Hbond substituents is 1. The molecule has 3 nitrogen and oxygen atoms in total. The Balaban J connectivity index is 2.07. The van der Waals surface area contributed by atoms with Crippen LogP contribution in [0.15, 0.2) is 16.6 Å². The number of likely N-dealkylation sites (tertiary alicyclic amines) is 1. The van der Waals surface area contributed by atoms with Gasteiger partial charge < -0.3 is 9.84 Å². The van der Waals surface area contributed by atoms with Crippen LogP contribution in [0.5, 0.6) is 11.5 Å². The molecule has 1 N–H and O–H groups in total. The molecule has 0 amide bonds. The van der Waals surface area contributed by atoms with Crippen LogP contribution < -0.4 is 4.74 Å². The van der Waals surface area contributed by atoms with E-state index in [1.807, 2.05) is 19.1 Å². The monoisotopic (exact) mass is 341 g/mol. The first-order chi connectivity index (χ1) is 9.70. The van der Waals surface area contributed by atoms with E-state index in [-0.39, 0.29) is 5.75 Å². The van der Waals surface area contributed by atoms with Crippen LogP contribution in [0.3, 0.4) is 0 Å². The Bertz CT molecular complexity index is 429. The molecule has 0 unspecified atom stereocenters. The first-order valence-electron chi connectivity index (χ1n) is 7.57. The summed E-state index contributed by atoms with van der Waals surface area (Å²) in [5, 5.41) is 9.96. The third kappa shape index (κ3) is 4.38. The molecule has 1 aliphatic heterocycles. The van der Waals surface area contributed by atoms with E-state index in [2.05, 4.69) is 20.8 Å². The Morgan fingerprint density at radius 2 is 1.80 bits per heavy atom. The number of ether oxygens (including phenoxy) is 1. The third-order valence-corrected chi connectivity index (χ3v) is 4.35. The highest BCUT2D eigenvalue weighted by Gasteiger charge is 2.13. The number of benzene rings is 1. The lowest BCUT2D eigenvalue weighted by Gasteiger charge is -2.25. The van der Waals surface area contributed by atoms with Crippen molar-refractivity contribution < 1.29 is 9.84 Å². The van der Waals surface area contributed by atoms with Gasteiger partial charge in [0.05, 0.1) is 11.1 Å². The highest BCUT2D eigenvalue weighted by Crippen LogP contribution is 2.35. The molecule has 1 fully saturated rings. The molecule has 1 saturated heterocycles. The average Bonchev–Trinajstić information content (AvgIpc) is 2.38. The second-order valence-corrected chi connectivity index (χ2v) is 6.26. The minimum absolute atomic E-state index is 0.197. The summed E-state index contributed by atoms with van der Waals surface area (Å²) in [5.41, 5.74) is 1.19. The van der Waals surface area contributed by atoms with E-state index in [1.165, 1.54) is 50.8 Å². The maximum absolute atomic E-state index is 9.96. The molecule has 1 aromatic carbocycles. The maximum atomic E-state index is 9.96. The molecular weight excluding hydrogens is 318 g/mol. The molecule has 0 saturated carbocycles. The minimum atomic E-state index is 0.197. The summed E-state index contributed by atoms with van der Waals surface area (Å²) in [6, 6.07) is 3.96. The molecule has 0 bridgehead atoms. The summed E-state index contributed by atoms with van der Waals surface area (Å²) in [6.45, 7) is 5.76. The summed E-state index contributed by atoms with van der Waals surface area (Å²) >= 11 is 3.41. The first kappa shape index (κ1) is 15.6. The van der Waals surface area contributed by atoms with Crippen molar-refractivity contribution in [3.63, 3.8) is 0 Å². The fraction of sp³-hybridized carbons (Fsp3) is 0.625. The van der Waals surface area contributed by atoms with E-state index in [0.29, 0.717) is 16.8 Å². The summed E-state index contributed by atoms with van der Waals surface area (Å²) in [5.74, 6) is 0.771. The van der Waals surface area contributed by atoms with Gasteiger partial charge in [0.25, 0.3) is 0 Å². The number of aromatic hydroxyl groups is 1. The maximum Gasteiger partial charge on any atom is 0.172 e. The second-order valence-electron chi connectivity index (χ2n) is 5.40. The van der Waals surface area contributed by atoms with Crippen molar-refractivity contribution in [2.45, 2.75) is 45.6 Å². The molecule has 0 atom stereocenters. The highest BCUT2D eigenvalue weighted by atomic mass is 79.9. The molecule has 2 rings (SSSR count). The predicted molar refractivity (Wildman–Crippen MR) is 85.3 cm³/mol. The number of hydrogen-bond acceptors (Lipinski definition) is 3. The zero-order chi connectivity index (χ0) is 14.4. The fourth-order valence-electron chi connectivity index (χ4n) is 2.71. The topological polar surface area (TPSA) is 32.7 Å². The Hall–Kier alpha value is -0.740. The molecule has 0 aliphatic carbocycles. The summed E-state index contributed by atoms with van der Waals surface area (Å²) < 4.78 is 6.21. The van der Waals surface area contributed by atoms with E-state index < -0.39 is 0 Å². The Morgan fingerprint density at radius 1 is 1.15 bits per heavy atom. The molecule has 1 aromatic rings. The van der Waals surface area contributed by atoms with Crippen LogP contribution in [-0.4, -0.2) is 29.7 Å². The Labute approximate surface area is 130 Å². The van der Waals surface area contributed by atoms with Gasteiger partial charge in [0, 0.05) is 6.54 Å². The molecule has 1 heterocycles. The summed E-state index contributed by atoms with van der Waals surface area (Å²) in [7, 11) is 0. The van der Waals surface area contributed by atoms with Crippen molar-refractivity contribution in [1.82, 2.24) is 4.90 Å². The van der Waals surface area contributed by atoms with Crippen LogP contribution in [0.25, 0.3) is 0 Å².